The number of benzene rings is 1. The van der Waals surface area contributed by atoms with Crippen molar-refractivity contribution in [2.24, 2.45) is 0 Å². The van der Waals surface area contributed by atoms with Crippen LogP contribution in [0, 0.1) is 0 Å². The number of carbonyl (C=O) groups excluding carboxylic acids is 1. The third kappa shape index (κ3) is 5.54. The van der Waals surface area contributed by atoms with E-state index >= 15 is 0 Å². The minimum atomic E-state index is -0.00679. The van der Waals surface area contributed by atoms with Crippen LogP contribution in [0.5, 0.6) is 5.75 Å². The van der Waals surface area contributed by atoms with Gasteiger partial charge in [-0.15, -0.1) is 0 Å². The highest BCUT2D eigenvalue weighted by Crippen LogP contribution is 2.14. The van der Waals surface area contributed by atoms with E-state index in [2.05, 4.69) is 10.6 Å². The van der Waals surface area contributed by atoms with E-state index in [0.717, 1.165) is 18.0 Å². The van der Waals surface area contributed by atoms with Crippen LogP contribution in [0.4, 0.5) is 5.69 Å². The number of nitrogens with zero attached hydrogens (tertiary/aromatic N) is 1. The normalized spacial score (nSPS) is 10.2. The molecule has 0 fully saturated rings. The van der Waals surface area contributed by atoms with Gasteiger partial charge in [-0.05, 0) is 38.4 Å². The van der Waals surface area contributed by atoms with Crippen molar-refractivity contribution in [1.29, 1.82) is 0 Å². The number of rotatable bonds is 7. The van der Waals surface area contributed by atoms with Crippen LogP contribution in [0.3, 0.4) is 0 Å². The van der Waals surface area contributed by atoms with Gasteiger partial charge in [-0.1, -0.05) is 0 Å². The second-order valence-electron chi connectivity index (χ2n) is 4.24. The van der Waals surface area contributed by atoms with Gasteiger partial charge in [-0.25, -0.2) is 0 Å². The molecule has 18 heavy (non-hydrogen) atoms. The molecular weight excluding hydrogens is 230 g/mol. The summed E-state index contributed by atoms with van der Waals surface area (Å²) < 4.78 is 5.06. The van der Waals surface area contributed by atoms with Crippen LogP contribution in [-0.2, 0) is 4.79 Å². The lowest BCUT2D eigenvalue weighted by atomic mass is 10.3. The van der Waals surface area contributed by atoms with E-state index in [1.165, 1.54) is 0 Å². The number of amides is 1. The molecule has 0 saturated heterocycles. The fourth-order valence-electron chi connectivity index (χ4n) is 1.37. The Bertz CT molecular complexity index is 363. The van der Waals surface area contributed by atoms with Crippen molar-refractivity contribution in [3.05, 3.63) is 24.3 Å². The van der Waals surface area contributed by atoms with Gasteiger partial charge in [0.25, 0.3) is 0 Å². The van der Waals surface area contributed by atoms with Gasteiger partial charge >= 0.3 is 0 Å². The largest absolute Gasteiger partial charge is 0.497 e. The molecule has 1 aromatic rings. The summed E-state index contributed by atoms with van der Waals surface area (Å²) in [4.78, 5) is 13.5. The summed E-state index contributed by atoms with van der Waals surface area (Å²) in [7, 11) is 5.57. The van der Waals surface area contributed by atoms with Gasteiger partial charge in [0.05, 0.1) is 13.7 Å². The molecule has 0 aliphatic heterocycles. The van der Waals surface area contributed by atoms with Crippen molar-refractivity contribution in [3.63, 3.8) is 0 Å². The van der Waals surface area contributed by atoms with Crippen molar-refractivity contribution in [2.75, 3.05) is 46.2 Å². The first-order valence-electron chi connectivity index (χ1n) is 5.91. The highest BCUT2D eigenvalue weighted by molar-refractivity contribution is 5.80. The van der Waals surface area contributed by atoms with Crippen molar-refractivity contribution in [3.8, 4) is 5.75 Å². The fraction of sp³-hybridized carbons (Fsp3) is 0.462. The maximum Gasteiger partial charge on any atom is 0.239 e. The molecule has 0 unspecified atom stereocenters. The Morgan fingerprint density at radius 2 is 1.94 bits per heavy atom. The van der Waals surface area contributed by atoms with Crippen LogP contribution < -0.4 is 15.4 Å². The third-order valence-corrected chi connectivity index (χ3v) is 2.42. The van der Waals surface area contributed by atoms with Gasteiger partial charge in [0.2, 0.25) is 5.91 Å². The van der Waals surface area contributed by atoms with Gasteiger partial charge in [0.15, 0.2) is 0 Å². The Balaban J connectivity index is 2.24. The number of hydrogen-bond acceptors (Lipinski definition) is 4. The van der Waals surface area contributed by atoms with E-state index in [-0.39, 0.29) is 12.5 Å². The Hall–Kier alpha value is -1.75. The third-order valence-electron chi connectivity index (χ3n) is 2.42. The van der Waals surface area contributed by atoms with E-state index in [4.69, 9.17) is 4.74 Å². The second-order valence-corrected chi connectivity index (χ2v) is 4.24. The predicted octanol–water partition coefficient (Wildman–Crippen LogP) is 0.785. The van der Waals surface area contributed by atoms with Crippen molar-refractivity contribution < 1.29 is 9.53 Å². The zero-order valence-corrected chi connectivity index (χ0v) is 11.2. The number of methoxy groups -OCH3 is 1. The lowest BCUT2D eigenvalue weighted by Gasteiger charge is -2.11. The molecule has 0 aliphatic rings. The van der Waals surface area contributed by atoms with Crippen LogP contribution in [-0.4, -0.2) is 51.6 Å². The summed E-state index contributed by atoms with van der Waals surface area (Å²) in [5.41, 5.74) is 0.901. The number of nitrogens with one attached hydrogen (secondary N) is 2. The molecule has 0 aliphatic carbocycles. The quantitative estimate of drug-likeness (QED) is 0.752. The highest BCUT2D eigenvalue weighted by Gasteiger charge is 2.01. The van der Waals surface area contributed by atoms with Crippen LogP contribution in [0.25, 0.3) is 0 Å². The molecule has 0 spiro atoms. The minimum Gasteiger partial charge on any atom is -0.497 e. The van der Waals surface area contributed by atoms with Crippen LogP contribution in [0.1, 0.15) is 0 Å². The molecule has 0 heterocycles. The molecular formula is C13H21N3O2. The summed E-state index contributed by atoms with van der Waals surface area (Å²) in [5, 5.41) is 5.89. The Morgan fingerprint density at radius 3 is 2.50 bits per heavy atom. The Labute approximate surface area is 108 Å². The molecule has 1 amide bonds. The van der Waals surface area contributed by atoms with Crippen LogP contribution >= 0.6 is 0 Å². The maximum absolute atomic E-state index is 11.5. The van der Waals surface area contributed by atoms with E-state index < -0.39 is 0 Å². The summed E-state index contributed by atoms with van der Waals surface area (Å²) in [6.07, 6.45) is 0. The zero-order valence-electron chi connectivity index (χ0n) is 11.2. The topological polar surface area (TPSA) is 53.6 Å². The van der Waals surface area contributed by atoms with Gasteiger partial charge in [-0.2, -0.15) is 0 Å². The number of likely N-dealkylation sites (N-methyl/N-ethyl adjacent to an activating group) is 1. The van der Waals surface area contributed by atoms with Gasteiger partial charge in [0, 0.05) is 18.8 Å². The molecule has 0 atom stereocenters. The second kappa shape index (κ2) is 7.55. The number of anilines is 1. The smallest absolute Gasteiger partial charge is 0.239 e. The molecule has 1 aromatic carbocycles. The summed E-state index contributed by atoms with van der Waals surface area (Å²) in [6, 6.07) is 7.47. The van der Waals surface area contributed by atoms with E-state index in [9.17, 15) is 4.79 Å². The van der Waals surface area contributed by atoms with E-state index in [0.29, 0.717) is 6.54 Å². The molecule has 1 rings (SSSR count). The monoisotopic (exact) mass is 251 g/mol. The summed E-state index contributed by atoms with van der Waals surface area (Å²) in [5.74, 6) is 0.795. The Kier molecular flexibility index (Phi) is 6.00. The fourth-order valence-corrected chi connectivity index (χ4v) is 1.37. The number of carbonyl (C=O) groups is 1. The first kappa shape index (κ1) is 14.3. The molecule has 0 radical (unpaired) electrons. The van der Waals surface area contributed by atoms with Gasteiger partial charge in [0.1, 0.15) is 5.75 Å². The minimum absolute atomic E-state index is 0.00679. The molecule has 0 bridgehead atoms. The summed E-state index contributed by atoms with van der Waals surface area (Å²) in [6.45, 7) is 1.78. The van der Waals surface area contributed by atoms with Gasteiger partial charge < -0.3 is 20.3 Å². The molecule has 0 saturated carbocycles. The highest BCUT2D eigenvalue weighted by atomic mass is 16.5. The van der Waals surface area contributed by atoms with Crippen LogP contribution in [0.2, 0.25) is 0 Å². The SMILES string of the molecule is COc1ccc(NCC(=O)NCCN(C)C)cc1. The average Bonchev–Trinajstić information content (AvgIpc) is 2.36. The predicted molar refractivity (Wildman–Crippen MR) is 73.0 cm³/mol. The van der Waals surface area contributed by atoms with E-state index in [1.54, 1.807) is 7.11 Å². The van der Waals surface area contributed by atoms with Crippen molar-refractivity contribution >= 4 is 11.6 Å². The molecule has 100 valence electrons. The average molecular weight is 251 g/mol. The van der Waals surface area contributed by atoms with Gasteiger partial charge in [-0.3, -0.25) is 4.79 Å². The van der Waals surface area contributed by atoms with Crippen LogP contribution in [0.15, 0.2) is 24.3 Å². The Morgan fingerprint density at radius 1 is 1.28 bits per heavy atom. The molecule has 0 aromatic heterocycles. The first-order chi connectivity index (χ1) is 8.61. The molecule has 5 heteroatoms. The lowest BCUT2D eigenvalue weighted by Crippen LogP contribution is -2.34. The van der Waals surface area contributed by atoms with Crippen molar-refractivity contribution in [1.82, 2.24) is 10.2 Å². The maximum atomic E-state index is 11.5. The summed E-state index contributed by atoms with van der Waals surface area (Å²) >= 11 is 0. The lowest BCUT2D eigenvalue weighted by molar-refractivity contribution is -0.119. The zero-order chi connectivity index (χ0) is 13.4. The first-order valence-corrected chi connectivity index (χ1v) is 5.91. The number of ether oxygens (including phenoxy) is 1. The molecule has 2 N–H and O–H groups in total. The standard InChI is InChI=1S/C13H21N3O2/c1-16(2)9-8-14-13(17)10-15-11-4-6-12(18-3)7-5-11/h4-7,15H,8-10H2,1-3H3,(H,14,17). The number of hydrogen-bond donors (Lipinski definition) is 2. The van der Waals surface area contributed by atoms with Crippen molar-refractivity contribution in [2.45, 2.75) is 0 Å². The van der Waals surface area contributed by atoms with E-state index in [1.807, 2.05) is 43.3 Å². The molecule has 5 nitrogen and oxygen atoms in total.